The summed E-state index contributed by atoms with van der Waals surface area (Å²) in [6.07, 6.45) is 1.44. The van der Waals surface area contributed by atoms with Gasteiger partial charge in [-0.3, -0.25) is 0 Å². The smallest absolute Gasteiger partial charge is 0.247 e. The SMILES string of the molecule is Nc1cc(N)nc(NN=Cc2ccccc2O)n1. The first-order valence-electron chi connectivity index (χ1n) is 5.12. The molecule has 2 rings (SSSR count). The summed E-state index contributed by atoms with van der Waals surface area (Å²) in [4.78, 5) is 7.77. The molecule has 0 aliphatic carbocycles. The molecule has 2 aromatic rings. The monoisotopic (exact) mass is 244 g/mol. The summed E-state index contributed by atoms with van der Waals surface area (Å²) in [5.41, 5.74) is 14.2. The number of nitrogens with two attached hydrogens (primary N) is 2. The molecule has 18 heavy (non-hydrogen) atoms. The number of hydrogen-bond donors (Lipinski definition) is 4. The van der Waals surface area contributed by atoms with E-state index in [0.29, 0.717) is 5.56 Å². The predicted molar refractivity (Wildman–Crippen MR) is 70.2 cm³/mol. The van der Waals surface area contributed by atoms with E-state index in [1.165, 1.54) is 12.3 Å². The maximum Gasteiger partial charge on any atom is 0.247 e. The number of nitrogens with zero attached hydrogens (tertiary/aromatic N) is 3. The first kappa shape index (κ1) is 11.6. The predicted octanol–water partition coefficient (Wildman–Crippen LogP) is 0.793. The Bertz CT molecular complexity index is 563. The van der Waals surface area contributed by atoms with Gasteiger partial charge in [0.15, 0.2) is 0 Å². The molecular weight excluding hydrogens is 232 g/mol. The van der Waals surface area contributed by atoms with E-state index in [1.54, 1.807) is 24.3 Å². The molecule has 6 N–H and O–H groups in total. The van der Waals surface area contributed by atoms with Gasteiger partial charge < -0.3 is 16.6 Å². The number of aromatic hydroxyl groups is 1. The van der Waals surface area contributed by atoms with Gasteiger partial charge in [-0.15, -0.1) is 0 Å². The van der Waals surface area contributed by atoms with Gasteiger partial charge in [0.2, 0.25) is 5.95 Å². The van der Waals surface area contributed by atoms with Crippen molar-refractivity contribution < 1.29 is 5.11 Å². The topological polar surface area (TPSA) is 122 Å². The fourth-order valence-corrected chi connectivity index (χ4v) is 1.29. The number of nitrogen functional groups attached to an aromatic ring is 2. The number of hydrazone groups is 1. The Morgan fingerprint density at radius 2 is 1.83 bits per heavy atom. The average molecular weight is 244 g/mol. The maximum absolute atomic E-state index is 9.51. The van der Waals surface area contributed by atoms with Crippen molar-refractivity contribution in [2.75, 3.05) is 16.9 Å². The molecule has 0 aliphatic heterocycles. The van der Waals surface area contributed by atoms with E-state index in [-0.39, 0.29) is 23.3 Å². The molecule has 0 spiro atoms. The van der Waals surface area contributed by atoms with Crippen LogP contribution in [0.4, 0.5) is 17.6 Å². The maximum atomic E-state index is 9.51. The largest absolute Gasteiger partial charge is 0.507 e. The number of phenols is 1. The minimum absolute atomic E-state index is 0.135. The second kappa shape index (κ2) is 5.00. The van der Waals surface area contributed by atoms with Crippen molar-refractivity contribution in [2.45, 2.75) is 0 Å². The number of anilines is 3. The summed E-state index contributed by atoms with van der Waals surface area (Å²) in [5.74, 6) is 0.834. The lowest BCUT2D eigenvalue weighted by molar-refractivity contribution is 0.474. The van der Waals surface area contributed by atoms with E-state index < -0.39 is 0 Å². The van der Waals surface area contributed by atoms with Crippen LogP contribution in [-0.2, 0) is 0 Å². The highest BCUT2D eigenvalue weighted by Gasteiger charge is 1.98. The lowest BCUT2D eigenvalue weighted by Crippen LogP contribution is -2.03. The van der Waals surface area contributed by atoms with Gasteiger partial charge in [-0.25, -0.2) is 5.43 Å². The summed E-state index contributed by atoms with van der Waals surface area (Å²) >= 11 is 0. The molecule has 7 nitrogen and oxygen atoms in total. The molecule has 1 aromatic carbocycles. The number of aromatic nitrogens is 2. The zero-order valence-electron chi connectivity index (χ0n) is 9.41. The Morgan fingerprint density at radius 3 is 2.50 bits per heavy atom. The summed E-state index contributed by atoms with van der Waals surface area (Å²) < 4.78 is 0. The van der Waals surface area contributed by atoms with E-state index in [9.17, 15) is 5.11 Å². The Kier molecular flexibility index (Phi) is 3.24. The number of phenolic OH excluding ortho intramolecular Hbond substituents is 1. The van der Waals surface area contributed by atoms with Crippen molar-refractivity contribution in [1.82, 2.24) is 9.97 Å². The third kappa shape index (κ3) is 2.85. The van der Waals surface area contributed by atoms with Crippen LogP contribution in [0.5, 0.6) is 5.75 Å². The molecule has 0 fully saturated rings. The van der Waals surface area contributed by atoms with Crippen LogP contribution < -0.4 is 16.9 Å². The van der Waals surface area contributed by atoms with E-state index in [0.717, 1.165) is 0 Å². The van der Waals surface area contributed by atoms with Crippen molar-refractivity contribution in [3.8, 4) is 5.75 Å². The van der Waals surface area contributed by atoms with Crippen LogP contribution in [0.1, 0.15) is 5.56 Å². The highest BCUT2D eigenvalue weighted by molar-refractivity contribution is 5.83. The normalized spacial score (nSPS) is 10.7. The van der Waals surface area contributed by atoms with E-state index in [4.69, 9.17) is 11.5 Å². The van der Waals surface area contributed by atoms with Crippen LogP contribution in [0, 0.1) is 0 Å². The van der Waals surface area contributed by atoms with Gasteiger partial charge in [0.1, 0.15) is 17.4 Å². The molecule has 7 heteroatoms. The van der Waals surface area contributed by atoms with Crippen molar-refractivity contribution in [3.63, 3.8) is 0 Å². The van der Waals surface area contributed by atoms with Crippen molar-refractivity contribution in [2.24, 2.45) is 5.10 Å². The van der Waals surface area contributed by atoms with Gasteiger partial charge in [-0.1, -0.05) is 12.1 Å². The molecule has 1 aromatic heterocycles. The Labute approximate surface area is 103 Å². The fourth-order valence-electron chi connectivity index (χ4n) is 1.29. The summed E-state index contributed by atoms with van der Waals surface area (Å²) in [6, 6.07) is 8.24. The van der Waals surface area contributed by atoms with Gasteiger partial charge in [-0.2, -0.15) is 15.1 Å². The number of hydrogen-bond acceptors (Lipinski definition) is 7. The van der Waals surface area contributed by atoms with Gasteiger partial charge in [0.25, 0.3) is 0 Å². The lowest BCUT2D eigenvalue weighted by Gasteiger charge is -2.01. The zero-order valence-corrected chi connectivity index (χ0v) is 9.41. The molecule has 1 heterocycles. The Hall–Kier alpha value is -2.83. The quantitative estimate of drug-likeness (QED) is 0.467. The molecule has 0 unspecified atom stereocenters. The van der Waals surface area contributed by atoms with Gasteiger partial charge in [-0.05, 0) is 12.1 Å². The summed E-state index contributed by atoms with van der Waals surface area (Å²) in [6.45, 7) is 0. The molecule has 92 valence electrons. The van der Waals surface area contributed by atoms with Crippen LogP contribution in [0.15, 0.2) is 35.4 Å². The van der Waals surface area contributed by atoms with Crippen LogP contribution in [-0.4, -0.2) is 21.3 Å². The first-order valence-corrected chi connectivity index (χ1v) is 5.12. The van der Waals surface area contributed by atoms with Crippen LogP contribution >= 0.6 is 0 Å². The lowest BCUT2D eigenvalue weighted by atomic mass is 10.2. The number of rotatable bonds is 3. The van der Waals surface area contributed by atoms with E-state index in [2.05, 4.69) is 20.5 Å². The van der Waals surface area contributed by atoms with Gasteiger partial charge in [0, 0.05) is 11.6 Å². The third-order valence-corrected chi connectivity index (χ3v) is 2.07. The Morgan fingerprint density at radius 1 is 1.17 bits per heavy atom. The third-order valence-electron chi connectivity index (χ3n) is 2.07. The molecule has 0 saturated heterocycles. The fraction of sp³-hybridized carbons (Fsp3) is 0. The minimum atomic E-state index is 0.135. The molecule has 0 saturated carbocycles. The summed E-state index contributed by atoms with van der Waals surface area (Å²) in [5, 5.41) is 13.4. The van der Waals surface area contributed by atoms with Crippen LogP contribution in [0.25, 0.3) is 0 Å². The number of nitrogens with one attached hydrogen (secondary N) is 1. The number of benzene rings is 1. The number of para-hydroxylation sites is 1. The second-order valence-electron chi connectivity index (χ2n) is 3.47. The van der Waals surface area contributed by atoms with Crippen LogP contribution in [0.2, 0.25) is 0 Å². The minimum Gasteiger partial charge on any atom is -0.507 e. The molecule has 0 aliphatic rings. The molecule has 0 bridgehead atoms. The van der Waals surface area contributed by atoms with Crippen LogP contribution in [0.3, 0.4) is 0 Å². The highest BCUT2D eigenvalue weighted by Crippen LogP contribution is 2.13. The standard InChI is InChI=1S/C11H12N6O/c12-9-5-10(13)16-11(15-9)17-14-6-7-3-1-2-4-8(7)18/h1-6,18H,(H5,12,13,15,16,17). The first-order chi connectivity index (χ1) is 8.65. The molecule has 0 amide bonds. The van der Waals surface area contributed by atoms with E-state index in [1.807, 2.05) is 0 Å². The highest BCUT2D eigenvalue weighted by atomic mass is 16.3. The molecule has 0 radical (unpaired) electrons. The van der Waals surface area contributed by atoms with Crippen molar-refractivity contribution in [3.05, 3.63) is 35.9 Å². The van der Waals surface area contributed by atoms with E-state index >= 15 is 0 Å². The Balaban J connectivity index is 2.10. The van der Waals surface area contributed by atoms with Gasteiger partial charge >= 0.3 is 0 Å². The molecule has 0 atom stereocenters. The van der Waals surface area contributed by atoms with Crippen molar-refractivity contribution >= 4 is 23.8 Å². The van der Waals surface area contributed by atoms with Gasteiger partial charge in [0.05, 0.1) is 6.21 Å². The zero-order chi connectivity index (χ0) is 13.0. The average Bonchev–Trinajstić information content (AvgIpc) is 2.30. The van der Waals surface area contributed by atoms with Crippen molar-refractivity contribution in [1.29, 1.82) is 0 Å². The molecular formula is C11H12N6O. The summed E-state index contributed by atoms with van der Waals surface area (Å²) in [7, 11) is 0. The second-order valence-corrected chi connectivity index (χ2v) is 3.47.